The van der Waals surface area contributed by atoms with Crippen molar-refractivity contribution in [2.45, 2.75) is 17.9 Å². The number of carbonyl (C=O) groups excluding carboxylic acids is 1. The highest BCUT2D eigenvalue weighted by molar-refractivity contribution is 7.89. The topological polar surface area (TPSA) is 122 Å². The summed E-state index contributed by atoms with van der Waals surface area (Å²) in [6.07, 6.45) is 5.72. The van der Waals surface area contributed by atoms with Gasteiger partial charge in [0.05, 0.1) is 22.1 Å². The highest BCUT2D eigenvalue weighted by atomic mass is 32.2. The Kier molecular flexibility index (Phi) is 7.75. The van der Waals surface area contributed by atoms with Crippen LogP contribution in [0.25, 0.3) is 22.2 Å². The summed E-state index contributed by atoms with van der Waals surface area (Å²) in [5.74, 6) is 0.695. The maximum atomic E-state index is 12.8. The van der Waals surface area contributed by atoms with Gasteiger partial charge in [-0.2, -0.15) is 0 Å². The second-order valence-corrected chi connectivity index (χ2v) is 12.0. The van der Waals surface area contributed by atoms with Gasteiger partial charge in [-0.25, -0.2) is 18.5 Å². The van der Waals surface area contributed by atoms with Crippen molar-refractivity contribution >= 4 is 32.7 Å². The van der Waals surface area contributed by atoms with Crippen LogP contribution in [0.2, 0.25) is 0 Å². The number of piperazine rings is 1. The van der Waals surface area contributed by atoms with Crippen LogP contribution in [0.3, 0.4) is 0 Å². The Bertz CT molecular complexity index is 1840. The molecule has 1 aliphatic rings. The molecule has 0 atom stereocenters. The standard InChI is InChI=1S/C32H30N6O3S/c33-42(40,41)28-5-1-4-27(18-28)31(39)17-23-6-8-25(9-7-23)26-10-11-29-30(19-26)36-32(21-35-29)38-15-13-37(14-16-38)22-24-3-2-12-34-20-24/h1-12,18-21H,13-17,22H2,(H2,33,40,41). The average Bonchev–Trinajstić information content (AvgIpc) is 3.01. The molecule has 0 radical (unpaired) electrons. The lowest BCUT2D eigenvalue weighted by Crippen LogP contribution is -2.46. The first-order valence-electron chi connectivity index (χ1n) is 13.7. The van der Waals surface area contributed by atoms with Crippen LogP contribution in [0.15, 0.2) is 102 Å². The van der Waals surface area contributed by atoms with Gasteiger partial charge in [-0.1, -0.05) is 48.5 Å². The summed E-state index contributed by atoms with van der Waals surface area (Å²) in [6, 6.07) is 23.7. The number of hydrogen-bond donors (Lipinski definition) is 1. The van der Waals surface area contributed by atoms with Crippen molar-refractivity contribution in [3.8, 4) is 11.1 Å². The molecule has 9 nitrogen and oxygen atoms in total. The van der Waals surface area contributed by atoms with Gasteiger partial charge in [-0.15, -0.1) is 0 Å². The van der Waals surface area contributed by atoms with E-state index in [1.165, 1.54) is 23.8 Å². The largest absolute Gasteiger partial charge is 0.353 e. The molecule has 1 saturated heterocycles. The SMILES string of the molecule is NS(=O)(=O)c1cccc(C(=O)Cc2ccc(-c3ccc4ncc(N5CCN(Cc6cccnc6)CC5)nc4c3)cc2)c1. The summed E-state index contributed by atoms with van der Waals surface area (Å²) in [5, 5.41) is 5.21. The van der Waals surface area contributed by atoms with Gasteiger partial charge in [0.1, 0.15) is 5.82 Å². The third-order valence-corrected chi connectivity index (χ3v) is 8.40. The number of anilines is 1. The summed E-state index contributed by atoms with van der Waals surface area (Å²) in [6.45, 7) is 4.55. The zero-order valence-electron chi connectivity index (χ0n) is 22.9. The zero-order chi connectivity index (χ0) is 29.1. The molecule has 6 rings (SSSR count). The molecule has 3 aromatic carbocycles. The summed E-state index contributed by atoms with van der Waals surface area (Å²) >= 11 is 0. The van der Waals surface area contributed by atoms with E-state index in [9.17, 15) is 13.2 Å². The van der Waals surface area contributed by atoms with Crippen LogP contribution in [0, 0.1) is 0 Å². The number of nitrogens with two attached hydrogens (primary N) is 1. The van der Waals surface area contributed by atoms with Crippen LogP contribution in [0.5, 0.6) is 0 Å². The number of Topliss-reactive ketones (excluding diaryl/α,β-unsaturated/α-hetero) is 1. The van der Waals surface area contributed by atoms with Crippen molar-refractivity contribution in [3.63, 3.8) is 0 Å². The van der Waals surface area contributed by atoms with Crippen molar-refractivity contribution in [3.05, 3.63) is 114 Å². The molecule has 212 valence electrons. The van der Waals surface area contributed by atoms with Gasteiger partial charge in [-0.05, 0) is 52.6 Å². The minimum atomic E-state index is -3.87. The fraction of sp³-hybridized carbons (Fsp3) is 0.188. The summed E-state index contributed by atoms with van der Waals surface area (Å²) in [7, 11) is -3.87. The van der Waals surface area contributed by atoms with Gasteiger partial charge in [0.25, 0.3) is 0 Å². The van der Waals surface area contributed by atoms with E-state index >= 15 is 0 Å². The molecule has 0 bridgehead atoms. The Morgan fingerprint density at radius 2 is 1.60 bits per heavy atom. The predicted octanol–water partition coefficient (Wildman–Crippen LogP) is 4.09. The molecule has 1 aliphatic heterocycles. The van der Waals surface area contributed by atoms with E-state index < -0.39 is 10.0 Å². The number of hydrogen-bond acceptors (Lipinski definition) is 8. The molecule has 1 fully saturated rings. The maximum absolute atomic E-state index is 12.8. The predicted molar refractivity (Wildman–Crippen MR) is 163 cm³/mol. The fourth-order valence-electron chi connectivity index (χ4n) is 5.17. The van der Waals surface area contributed by atoms with Crippen molar-refractivity contribution in [1.82, 2.24) is 19.9 Å². The molecule has 2 aromatic heterocycles. The van der Waals surface area contributed by atoms with Gasteiger partial charge in [0.15, 0.2) is 5.78 Å². The quantitative estimate of drug-likeness (QED) is 0.273. The number of nitrogens with zero attached hydrogens (tertiary/aromatic N) is 5. The molecule has 42 heavy (non-hydrogen) atoms. The van der Waals surface area contributed by atoms with Crippen molar-refractivity contribution < 1.29 is 13.2 Å². The smallest absolute Gasteiger partial charge is 0.238 e. The second kappa shape index (κ2) is 11.8. The van der Waals surface area contributed by atoms with Crippen molar-refractivity contribution in [2.24, 2.45) is 5.14 Å². The molecule has 5 aromatic rings. The number of sulfonamides is 1. The molecule has 0 aliphatic carbocycles. The van der Waals surface area contributed by atoms with Crippen molar-refractivity contribution in [2.75, 3.05) is 31.1 Å². The second-order valence-electron chi connectivity index (χ2n) is 10.4. The normalized spacial score (nSPS) is 14.3. The van der Waals surface area contributed by atoms with Crippen LogP contribution in [-0.2, 0) is 23.0 Å². The molecule has 0 saturated carbocycles. The molecule has 0 amide bonds. The first-order chi connectivity index (χ1) is 20.3. The van der Waals surface area contributed by atoms with Crippen LogP contribution < -0.4 is 10.0 Å². The number of primary sulfonamides is 1. The fourth-order valence-corrected chi connectivity index (χ4v) is 5.73. The summed E-state index contributed by atoms with van der Waals surface area (Å²) in [4.78, 5) is 31.3. The number of pyridine rings is 1. The Balaban J connectivity index is 1.13. The molecule has 0 unspecified atom stereocenters. The van der Waals surface area contributed by atoms with Crippen LogP contribution >= 0.6 is 0 Å². The molecule has 2 N–H and O–H groups in total. The highest BCUT2D eigenvalue weighted by Gasteiger charge is 2.19. The van der Waals surface area contributed by atoms with Gasteiger partial charge < -0.3 is 4.90 Å². The molecule has 3 heterocycles. The van der Waals surface area contributed by atoms with Gasteiger partial charge in [0, 0.05) is 57.1 Å². The summed E-state index contributed by atoms with van der Waals surface area (Å²) in [5.41, 5.74) is 6.03. The Morgan fingerprint density at radius 3 is 2.33 bits per heavy atom. The molecule has 0 spiro atoms. The molecular formula is C32H30N6O3S. The van der Waals surface area contributed by atoms with Gasteiger partial charge >= 0.3 is 0 Å². The molecular weight excluding hydrogens is 548 g/mol. The number of rotatable bonds is 8. The number of benzene rings is 3. The zero-order valence-corrected chi connectivity index (χ0v) is 23.7. The van der Waals surface area contributed by atoms with E-state index in [4.69, 9.17) is 10.1 Å². The first kappa shape index (κ1) is 27.6. The third-order valence-electron chi connectivity index (χ3n) is 7.49. The number of aromatic nitrogens is 3. The Hall–Kier alpha value is -4.51. The lowest BCUT2D eigenvalue weighted by Gasteiger charge is -2.35. The number of carbonyl (C=O) groups is 1. The third kappa shape index (κ3) is 6.36. The van der Waals surface area contributed by atoms with E-state index in [2.05, 4.69) is 25.8 Å². The van der Waals surface area contributed by atoms with Crippen molar-refractivity contribution in [1.29, 1.82) is 0 Å². The summed E-state index contributed by atoms with van der Waals surface area (Å²) < 4.78 is 23.3. The Morgan fingerprint density at radius 1 is 0.810 bits per heavy atom. The van der Waals surface area contributed by atoms with Crippen LogP contribution in [-0.4, -0.2) is 60.2 Å². The number of fused-ring (bicyclic) bond motifs is 1. The minimum absolute atomic E-state index is 0.0747. The lowest BCUT2D eigenvalue weighted by atomic mass is 9.99. The Labute approximate surface area is 244 Å². The highest BCUT2D eigenvalue weighted by Crippen LogP contribution is 2.25. The van der Waals surface area contributed by atoms with E-state index in [0.717, 1.165) is 66.3 Å². The van der Waals surface area contributed by atoms with E-state index in [1.54, 1.807) is 12.3 Å². The van der Waals surface area contributed by atoms with Gasteiger partial charge in [0.2, 0.25) is 10.0 Å². The average molecular weight is 579 g/mol. The van der Waals surface area contributed by atoms with E-state index in [0.29, 0.717) is 5.56 Å². The number of ketones is 1. The maximum Gasteiger partial charge on any atom is 0.238 e. The molecule has 10 heteroatoms. The monoisotopic (exact) mass is 578 g/mol. The van der Waals surface area contributed by atoms with Gasteiger partial charge in [-0.3, -0.25) is 19.7 Å². The van der Waals surface area contributed by atoms with E-state index in [1.807, 2.05) is 60.9 Å². The van der Waals surface area contributed by atoms with Crippen LogP contribution in [0.4, 0.5) is 5.82 Å². The lowest BCUT2D eigenvalue weighted by molar-refractivity contribution is 0.0992. The minimum Gasteiger partial charge on any atom is -0.353 e. The first-order valence-corrected chi connectivity index (χ1v) is 15.2. The van der Waals surface area contributed by atoms with E-state index in [-0.39, 0.29) is 17.1 Å². The van der Waals surface area contributed by atoms with Crippen LogP contribution in [0.1, 0.15) is 21.5 Å².